The third-order valence-corrected chi connectivity index (χ3v) is 5.31. The van der Waals surface area contributed by atoms with Crippen LogP contribution in [0.25, 0.3) is 28.0 Å². The first-order valence-electron chi connectivity index (χ1n) is 9.52. The minimum absolute atomic E-state index is 1.09. The van der Waals surface area contributed by atoms with Gasteiger partial charge in [-0.15, -0.1) is 0 Å². The van der Waals surface area contributed by atoms with Crippen LogP contribution < -0.4 is 5.32 Å². The Morgan fingerprint density at radius 2 is 1.44 bits per heavy atom. The van der Waals surface area contributed by atoms with Crippen molar-refractivity contribution in [3.05, 3.63) is 102 Å². The minimum Gasteiger partial charge on any atom is -0.355 e. The summed E-state index contributed by atoms with van der Waals surface area (Å²) in [6.07, 6.45) is 6.69. The van der Waals surface area contributed by atoms with Crippen molar-refractivity contribution in [2.75, 3.05) is 5.32 Å². The van der Waals surface area contributed by atoms with Crippen molar-refractivity contribution in [3.8, 4) is 11.1 Å². The summed E-state index contributed by atoms with van der Waals surface area (Å²) in [6.45, 7) is 0. The van der Waals surface area contributed by atoms with E-state index >= 15 is 0 Å². The van der Waals surface area contributed by atoms with E-state index in [0.717, 1.165) is 18.5 Å². The van der Waals surface area contributed by atoms with Crippen molar-refractivity contribution in [2.24, 2.45) is 0 Å². The summed E-state index contributed by atoms with van der Waals surface area (Å²) < 4.78 is 0. The second kappa shape index (κ2) is 6.77. The number of benzene rings is 4. The standard InChI is InChI=1S/C26H21N/c1-2-9-20(10-3-1)24-17-21-12-4-5-13-22(21)18-26(24)27-25-16-8-14-19-11-6-7-15-23(19)25/h1-6,8-14,16-18,27H,7,15H2. The molecule has 0 aliphatic heterocycles. The second-order valence-corrected chi connectivity index (χ2v) is 7.05. The van der Waals surface area contributed by atoms with E-state index in [4.69, 9.17) is 0 Å². The Labute approximate surface area is 160 Å². The molecule has 0 bridgehead atoms. The van der Waals surface area contributed by atoms with Gasteiger partial charge < -0.3 is 5.32 Å². The summed E-state index contributed by atoms with van der Waals surface area (Å²) in [6, 6.07) is 30.3. The highest BCUT2D eigenvalue weighted by Gasteiger charge is 2.12. The molecule has 1 aliphatic carbocycles. The molecule has 0 amide bonds. The van der Waals surface area contributed by atoms with Crippen LogP contribution in [0, 0.1) is 0 Å². The van der Waals surface area contributed by atoms with Gasteiger partial charge in [0.1, 0.15) is 0 Å². The summed E-state index contributed by atoms with van der Waals surface area (Å²) in [5.41, 5.74) is 7.57. The maximum Gasteiger partial charge on any atom is 0.0470 e. The smallest absolute Gasteiger partial charge is 0.0470 e. The van der Waals surface area contributed by atoms with Crippen LogP contribution in [0.15, 0.2) is 91.0 Å². The molecular formula is C26H21N. The van der Waals surface area contributed by atoms with Crippen LogP contribution in [0.5, 0.6) is 0 Å². The van der Waals surface area contributed by atoms with E-state index in [1.54, 1.807) is 0 Å². The van der Waals surface area contributed by atoms with Gasteiger partial charge in [0.25, 0.3) is 0 Å². The molecule has 0 saturated heterocycles. The average molecular weight is 347 g/mol. The van der Waals surface area contributed by atoms with Crippen molar-refractivity contribution in [1.29, 1.82) is 0 Å². The van der Waals surface area contributed by atoms with Gasteiger partial charge in [0.2, 0.25) is 0 Å². The molecule has 0 fully saturated rings. The zero-order chi connectivity index (χ0) is 18.1. The third-order valence-electron chi connectivity index (χ3n) is 5.31. The first-order chi connectivity index (χ1) is 13.4. The van der Waals surface area contributed by atoms with Crippen LogP contribution in [-0.2, 0) is 6.42 Å². The number of allylic oxidation sites excluding steroid dienone is 1. The van der Waals surface area contributed by atoms with Crippen LogP contribution >= 0.6 is 0 Å². The van der Waals surface area contributed by atoms with E-state index in [9.17, 15) is 0 Å². The van der Waals surface area contributed by atoms with Gasteiger partial charge in [-0.3, -0.25) is 0 Å². The Bertz CT molecular complexity index is 1140. The molecule has 1 heteroatoms. The SMILES string of the molecule is C1=Cc2cccc(Nc3cc4ccccc4cc3-c3ccccc3)c2CC1. The van der Waals surface area contributed by atoms with Gasteiger partial charge in [-0.05, 0) is 58.5 Å². The molecule has 1 aliphatic rings. The molecule has 4 aromatic carbocycles. The molecule has 1 N–H and O–H groups in total. The molecule has 0 aromatic heterocycles. The quantitative estimate of drug-likeness (QED) is 0.413. The summed E-state index contributed by atoms with van der Waals surface area (Å²) in [5.74, 6) is 0. The molecule has 0 spiro atoms. The lowest BCUT2D eigenvalue weighted by atomic mass is 9.94. The topological polar surface area (TPSA) is 12.0 Å². The van der Waals surface area contributed by atoms with E-state index in [1.807, 2.05) is 0 Å². The zero-order valence-corrected chi connectivity index (χ0v) is 15.2. The largest absolute Gasteiger partial charge is 0.355 e. The second-order valence-electron chi connectivity index (χ2n) is 7.05. The fourth-order valence-corrected chi connectivity index (χ4v) is 3.94. The van der Waals surface area contributed by atoms with Crippen molar-refractivity contribution in [1.82, 2.24) is 0 Å². The van der Waals surface area contributed by atoms with Gasteiger partial charge in [0, 0.05) is 16.9 Å². The molecular weight excluding hydrogens is 326 g/mol. The Kier molecular flexibility index (Phi) is 3.99. The van der Waals surface area contributed by atoms with E-state index in [-0.39, 0.29) is 0 Å². The fraction of sp³-hybridized carbons (Fsp3) is 0.0769. The molecule has 0 atom stereocenters. The van der Waals surface area contributed by atoms with E-state index in [0.29, 0.717) is 0 Å². The number of nitrogens with one attached hydrogen (secondary N) is 1. The zero-order valence-electron chi connectivity index (χ0n) is 15.2. The molecule has 0 saturated carbocycles. The lowest BCUT2D eigenvalue weighted by Crippen LogP contribution is -2.02. The first-order valence-corrected chi connectivity index (χ1v) is 9.52. The number of rotatable bonds is 3. The van der Waals surface area contributed by atoms with Crippen molar-refractivity contribution in [2.45, 2.75) is 12.8 Å². The highest BCUT2D eigenvalue weighted by atomic mass is 14.9. The molecule has 27 heavy (non-hydrogen) atoms. The first kappa shape index (κ1) is 15.9. The van der Waals surface area contributed by atoms with Crippen LogP contribution in [0.4, 0.5) is 11.4 Å². The lowest BCUT2D eigenvalue weighted by Gasteiger charge is -2.19. The van der Waals surface area contributed by atoms with Gasteiger partial charge in [-0.25, -0.2) is 0 Å². The van der Waals surface area contributed by atoms with Crippen molar-refractivity contribution < 1.29 is 0 Å². The Morgan fingerprint density at radius 1 is 0.667 bits per heavy atom. The maximum atomic E-state index is 3.76. The number of fused-ring (bicyclic) bond motifs is 2. The van der Waals surface area contributed by atoms with Crippen LogP contribution in [-0.4, -0.2) is 0 Å². The summed E-state index contributed by atoms with van der Waals surface area (Å²) in [5, 5.41) is 6.28. The minimum atomic E-state index is 1.09. The normalized spacial score (nSPS) is 12.7. The summed E-state index contributed by atoms with van der Waals surface area (Å²) in [7, 11) is 0. The van der Waals surface area contributed by atoms with Gasteiger partial charge in [-0.1, -0.05) is 78.9 Å². The van der Waals surface area contributed by atoms with E-state index < -0.39 is 0 Å². The van der Waals surface area contributed by atoms with Crippen LogP contribution in [0.1, 0.15) is 17.5 Å². The van der Waals surface area contributed by atoms with Crippen LogP contribution in [0.3, 0.4) is 0 Å². The Hall–Kier alpha value is -3.32. The Balaban J connectivity index is 1.67. The summed E-state index contributed by atoms with van der Waals surface area (Å²) >= 11 is 0. The monoisotopic (exact) mass is 347 g/mol. The highest BCUT2D eigenvalue weighted by Crippen LogP contribution is 2.36. The highest BCUT2D eigenvalue weighted by molar-refractivity contribution is 5.95. The van der Waals surface area contributed by atoms with Crippen LogP contribution in [0.2, 0.25) is 0 Å². The van der Waals surface area contributed by atoms with Gasteiger partial charge in [0.15, 0.2) is 0 Å². The number of hydrogen-bond acceptors (Lipinski definition) is 1. The Morgan fingerprint density at radius 3 is 2.30 bits per heavy atom. The molecule has 130 valence electrons. The number of hydrogen-bond donors (Lipinski definition) is 1. The molecule has 0 unspecified atom stereocenters. The predicted octanol–water partition coefficient (Wildman–Crippen LogP) is 7.21. The predicted molar refractivity (Wildman–Crippen MR) is 116 cm³/mol. The van der Waals surface area contributed by atoms with E-state index in [1.165, 1.54) is 38.7 Å². The van der Waals surface area contributed by atoms with Gasteiger partial charge in [-0.2, -0.15) is 0 Å². The average Bonchev–Trinajstić information content (AvgIpc) is 2.74. The fourth-order valence-electron chi connectivity index (χ4n) is 3.94. The molecule has 4 aromatic rings. The third kappa shape index (κ3) is 3.02. The van der Waals surface area contributed by atoms with E-state index in [2.05, 4.69) is 102 Å². The van der Waals surface area contributed by atoms with Crippen molar-refractivity contribution >= 4 is 28.2 Å². The lowest BCUT2D eigenvalue weighted by molar-refractivity contribution is 0.988. The van der Waals surface area contributed by atoms with Gasteiger partial charge >= 0.3 is 0 Å². The number of anilines is 2. The molecule has 0 heterocycles. The maximum absolute atomic E-state index is 3.76. The molecule has 1 nitrogen and oxygen atoms in total. The van der Waals surface area contributed by atoms with Crippen molar-refractivity contribution in [3.63, 3.8) is 0 Å². The van der Waals surface area contributed by atoms with Gasteiger partial charge in [0.05, 0.1) is 0 Å². The summed E-state index contributed by atoms with van der Waals surface area (Å²) in [4.78, 5) is 0. The molecule has 5 rings (SSSR count). The molecule has 0 radical (unpaired) electrons.